The van der Waals surface area contributed by atoms with E-state index in [0.29, 0.717) is 18.1 Å². The van der Waals surface area contributed by atoms with Crippen molar-refractivity contribution in [2.75, 3.05) is 20.8 Å². The average Bonchev–Trinajstić information content (AvgIpc) is 2.48. The molecule has 0 unspecified atom stereocenters. The SMILES string of the molecule is CCC(CC)CNC(=O)Cc1ccc(OC)cc1OC. The molecule has 0 radical (unpaired) electrons. The van der Waals surface area contributed by atoms with Gasteiger partial charge in [-0.1, -0.05) is 32.8 Å². The summed E-state index contributed by atoms with van der Waals surface area (Å²) in [5.41, 5.74) is 0.871. The van der Waals surface area contributed by atoms with Crippen LogP contribution in [0.15, 0.2) is 18.2 Å². The van der Waals surface area contributed by atoms with E-state index >= 15 is 0 Å². The number of carbonyl (C=O) groups excluding carboxylic acids is 1. The van der Waals surface area contributed by atoms with Gasteiger partial charge in [0.25, 0.3) is 0 Å². The molecule has 0 aromatic heterocycles. The molecule has 0 fully saturated rings. The van der Waals surface area contributed by atoms with Crippen molar-refractivity contribution in [1.29, 1.82) is 0 Å². The molecule has 0 aliphatic rings. The highest BCUT2D eigenvalue weighted by atomic mass is 16.5. The lowest BCUT2D eigenvalue weighted by atomic mass is 10.0. The Balaban J connectivity index is 2.61. The minimum atomic E-state index is 0.0281. The van der Waals surface area contributed by atoms with Gasteiger partial charge in [-0.15, -0.1) is 0 Å². The smallest absolute Gasteiger partial charge is 0.224 e. The second-order valence-electron chi connectivity index (χ2n) is 4.84. The largest absolute Gasteiger partial charge is 0.497 e. The van der Waals surface area contributed by atoms with Crippen LogP contribution in [0, 0.1) is 5.92 Å². The van der Waals surface area contributed by atoms with Crippen LogP contribution in [-0.2, 0) is 11.2 Å². The van der Waals surface area contributed by atoms with Gasteiger partial charge in [0, 0.05) is 18.2 Å². The second-order valence-corrected chi connectivity index (χ2v) is 4.84. The number of benzene rings is 1. The van der Waals surface area contributed by atoms with E-state index in [-0.39, 0.29) is 5.91 Å². The molecule has 20 heavy (non-hydrogen) atoms. The summed E-state index contributed by atoms with van der Waals surface area (Å²) in [6, 6.07) is 5.50. The summed E-state index contributed by atoms with van der Waals surface area (Å²) < 4.78 is 10.4. The molecular formula is C16H25NO3. The molecule has 4 nitrogen and oxygen atoms in total. The maximum atomic E-state index is 12.0. The summed E-state index contributed by atoms with van der Waals surface area (Å²) in [6.45, 7) is 5.03. The van der Waals surface area contributed by atoms with Crippen molar-refractivity contribution in [3.8, 4) is 11.5 Å². The highest BCUT2D eigenvalue weighted by Gasteiger charge is 2.11. The lowest BCUT2D eigenvalue weighted by molar-refractivity contribution is -0.120. The fourth-order valence-electron chi connectivity index (χ4n) is 2.07. The summed E-state index contributed by atoms with van der Waals surface area (Å²) in [5.74, 6) is 1.99. The summed E-state index contributed by atoms with van der Waals surface area (Å²) in [5, 5.41) is 2.99. The Hall–Kier alpha value is -1.71. The van der Waals surface area contributed by atoms with Crippen LogP contribution in [0.1, 0.15) is 32.3 Å². The third kappa shape index (κ3) is 4.76. The molecule has 4 heteroatoms. The van der Waals surface area contributed by atoms with Gasteiger partial charge in [0.05, 0.1) is 20.6 Å². The molecule has 0 heterocycles. The quantitative estimate of drug-likeness (QED) is 0.796. The number of methoxy groups -OCH3 is 2. The number of rotatable bonds is 8. The second kappa shape index (κ2) is 8.46. The average molecular weight is 279 g/mol. The molecule has 0 aliphatic carbocycles. The Bertz CT molecular complexity index is 428. The predicted octanol–water partition coefficient (Wildman–Crippen LogP) is 2.80. The molecule has 1 rings (SSSR count). The molecule has 0 aliphatic heterocycles. The Morgan fingerprint density at radius 3 is 2.45 bits per heavy atom. The summed E-state index contributed by atoms with van der Waals surface area (Å²) >= 11 is 0. The standard InChI is InChI=1S/C16H25NO3/c1-5-12(6-2)11-17-16(18)9-13-7-8-14(19-3)10-15(13)20-4/h7-8,10,12H,5-6,9,11H2,1-4H3,(H,17,18). The van der Waals surface area contributed by atoms with Crippen molar-refractivity contribution < 1.29 is 14.3 Å². The summed E-state index contributed by atoms with van der Waals surface area (Å²) in [4.78, 5) is 12.0. The first-order chi connectivity index (χ1) is 9.64. The van der Waals surface area contributed by atoms with Crippen molar-refractivity contribution in [3.05, 3.63) is 23.8 Å². The van der Waals surface area contributed by atoms with Gasteiger partial charge < -0.3 is 14.8 Å². The van der Waals surface area contributed by atoms with Crippen molar-refractivity contribution in [3.63, 3.8) is 0 Å². The molecule has 0 saturated heterocycles. The first kappa shape index (κ1) is 16.3. The molecule has 112 valence electrons. The van der Waals surface area contributed by atoms with Crippen LogP contribution in [-0.4, -0.2) is 26.7 Å². The molecule has 1 N–H and O–H groups in total. The molecule has 1 aromatic rings. The van der Waals surface area contributed by atoms with Gasteiger partial charge in [0.2, 0.25) is 5.91 Å². The molecule has 1 amide bonds. The van der Waals surface area contributed by atoms with Gasteiger partial charge in [-0.2, -0.15) is 0 Å². The van der Waals surface area contributed by atoms with Crippen molar-refractivity contribution in [2.24, 2.45) is 5.92 Å². The number of amides is 1. The fourth-order valence-corrected chi connectivity index (χ4v) is 2.07. The summed E-state index contributed by atoms with van der Waals surface area (Å²) in [7, 11) is 3.21. The number of hydrogen-bond acceptors (Lipinski definition) is 3. The van der Waals surface area contributed by atoms with E-state index in [2.05, 4.69) is 19.2 Å². The highest BCUT2D eigenvalue weighted by Crippen LogP contribution is 2.24. The normalized spacial score (nSPS) is 10.4. The van der Waals surface area contributed by atoms with E-state index < -0.39 is 0 Å². The first-order valence-corrected chi connectivity index (χ1v) is 7.12. The van der Waals surface area contributed by atoms with Crippen molar-refractivity contribution in [1.82, 2.24) is 5.32 Å². The predicted molar refractivity (Wildman–Crippen MR) is 80.3 cm³/mol. The van der Waals surface area contributed by atoms with Crippen LogP contribution in [0.3, 0.4) is 0 Å². The van der Waals surface area contributed by atoms with Crippen LogP contribution >= 0.6 is 0 Å². The van der Waals surface area contributed by atoms with Crippen molar-refractivity contribution in [2.45, 2.75) is 33.1 Å². The number of carbonyl (C=O) groups is 1. The highest BCUT2D eigenvalue weighted by molar-refractivity contribution is 5.79. The first-order valence-electron chi connectivity index (χ1n) is 7.12. The van der Waals surface area contributed by atoms with Crippen molar-refractivity contribution >= 4 is 5.91 Å². The lowest BCUT2D eigenvalue weighted by Crippen LogP contribution is -2.30. The van der Waals surface area contributed by atoms with E-state index in [1.807, 2.05) is 12.1 Å². The van der Waals surface area contributed by atoms with Crippen LogP contribution in [0.4, 0.5) is 0 Å². The zero-order valence-corrected chi connectivity index (χ0v) is 12.9. The van der Waals surface area contributed by atoms with Gasteiger partial charge in [-0.25, -0.2) is 0 Å². The lowest BCUT2D eigenvalue weighted by Gasteiger charge is -2.14. The van der Waals surface area contributed by atoms with Gasteiger partial charge in [-0.3, -0.25) is 4.79 Å². The number of nitrogens with one attached hydrogen (secondary N) is 1. The third-order valence-corrected chi connectivity index (χ3v) is 3.59. The number of ether oxygens (including phenoxy) is 2. The Morgan fingerprint density at radius 1 is 1.20 bits per heavy atom. The van der Waals surface area contributed by atoms with Crippen LogP contribution in [0.25, 0.3) is 0 Å². The third-order valence-electron chi connectivity index (χ3n) is 3.59. The molecule has 1 aromatic carbocycles. The van der Waals surface area contributed by atoms with Gasteiger partial charge in [0.15, 0.2) is 0 Å². The van der Waals surface area contributed by atoms with Gasteiger partial charge in [-0.05, 0) is 12.0 Å². The zero-order chi connectivity index (χ0) is 15.0. The van der Waals surface area contributed by atoms with Gasteiger partial charge in [0.1, 0.15) is 11.5 Å². The molecule has 0 bridgehead atoms. The minimum Gasteiger partial charge on any atom is -0.497 e. The summed E-state index contributed by atoms with van der Waals surface area (Å²) in [6.07, 6.45) is 2.50. The van der Waals surface area contributed by atoms with E-state index in [4.69, 9.17) is 9.47 Å². The Kier molecular flexibility index (Phi) is 6.91. The van der Waals surface area contributed by atoms with Crippen LogP contribution in [0.2, 0.25) is 0 Å². The minimum absolute atomic E-state index is 0.0281. The molecular weight excluding hydrogens is 254 g/mol. The Labute approximate surface area is 121 Å². The molecule has 0 spiro atoms. The van der Waals surface area contributed by atoms with E-state index in [1.54, 1.807) is 20.3 Å². The fraction of sp³-hybridized carbons (Fsp3) is 0.562. The van der Waals surface area contributed by atoms with Crippen LogP contribution in [0.5, 0.6) is 11.5 Å². The van der Waals surface area contributed by atoms with E-state index in [0.717, 1.165) is 30.7 Å². The monoisotopic (exact) mass is 279 g/mol. The maximum absolute atomic E-state index is 12.0. The van der Waals surface area contributed by atoms with Crippen LogP contribution < -0.4 is 14.8 Å². The Morgan fingerprint density at radius 2 is 1.90 bits per heavy atom. The molecule has 0 atom stereocenters. The number of hydrogen-bond donors (Lipinski definition) is 1. The van der Waals surface area contributed by atoms with Gasteiger partial charge >= 0.3 is 0 Å². The van der Waals surface area contributed by atoms with E-state index in [1.165, 1.54) is 0 Å². The van der Waals surface area contributed by atoms with E-state index in [9.17, 15) is 4.79 Å². The topological polar surface area (TPSA) is 47.6 Å². The zero-order valence-electron chi connectivity index (χ0n) is 12.9. The maximum Gasteiger partial charge on any atom is 0.224 e. The molecule has 0 saturated carbocycles.